The number of anilines is 1. The van der Waals surface area contributed by atoms with E-state index in [1.165, 1.54) is 0 Å². The Kier molecular flexibility index (Phi) is 4.18. The highest BCUT2D eigenvalue weighted by atomic mass is 16.1. The summed E-state index contributed by atoms with van der Waals surface area (Å²) in [6.45, 7) is 0.543. The first-order valence-electron chi connectivity index (χ1n) is 6.26. The zero-order chi connectivity index (χ0) is 13.7. The van der Waals surface area contributed by atoms with Gasteiger partial charge in [0, 0.05) is 31.9 Å². The molecule has 3 nitrogen and oxygen atoms in total. The molecular formula is C16H18N2O. The van der Waals surface area contributed by atoms with Gasteiger partial charge in [0.25, 0.3) is 5.91 Å². The molecule has 1 amide bonds. The number of nitrogens with one attached hydrogen (secondary N) is 1. The molecule has 19 heavy (non-hydrogen) atoms. The zero-order valence-electron chi connectivity index (χ0n) is 11.3. The van der Waals surface area contributed by atoms with Gasteiger partial charge < -0.3 is 10.2 Å². The van der Waals surface area contributed by atoms with E-state index in [0.717, 1.165) is 11.3 Å². The molecule has 0 saturated carbocycles. The molecule has 0 heterocycles. The van der Waals surface area contributed by atoms with Crippen molar-refractivity contribution in [3.8, 4) is 0 Å². The fourth-order valence-electron chi connectivity index (χ4n) is 1.79. The fourth-order valence-corrected chi connectivity index (χ4v) is 1.79. The maximum Gasteiger partial charge on any atom is 0.251 e. The molecule has 0 saturated heterocycles. The summed E-state index contributed by atoms with van der Waals surface area (Å²) in [5.74, 6) is -0.0442. The van der Waals surface area contributed by atoms with Crippen LogP contribution in [0.25, 0.3) is 0 Å². The molecule has 0 aliphatic rings. The number of carbonyl (C=O) groups excluding carboxylic acids is 1. The highest BCUT2D eigenvalue weighted by Gasteiger charge is 2.03. The van der Waals surface area contributed by atoms with E-state index < -0.39 is 0 Å². The number of hydrogen-bond donors (Lipinski definition) is 1. The first kappa shape index (κ1) is 13.1. The number of rotatable bonds is 4. The number of carbonyl (C=O) groups is 1. The van der Waals surface area contributed by atoms with Gasteiger partial charge in [-0.05, 0) is 29.8 Å². The van der Waals surface area contributed by atoms with Gasteiger partial charge in [-0.15, -0.1) is 0 Å². The Morgan fingerprint density at radius 3 is 2.21 bits per heavy atom. The van der Waals surface area contributed by atoms with Crippen molar-refractivity contribution in [2.75, 3.05) is 19.0 Å². The van der Waals surface area contributed by atoms with E-state index >= 15 is 0 Å². The molecule has 0 aromatic heterocycles. The highest BCUT2D eigenvalue weighted by Crippen LogP contribution is 2.12. The standard InChI is InChI=1S/C16H18N2O/c1-18(2)15-10-8-13(9-11-15)12-17-16(19)14-6-4-3-5-7-14/h3-11H,12H2,1-2H3,(H,17,19). The number of benzene rings is 2. The predicted octanol–water partition coefficient (Wildman–Crippen LogP) is 2.68. The van der Waals surface area contributed by atoms with E-state index in [9.17, 15) is 4.79 Å². The molecule has 2 rings (SSSR count). The average Bonchev–Trinajstić information content (AvgIpc) is 2.46. The van der Waals surface area contributed by atoms with E-state index in [1.807, 2.05) is 73.6 Å². The van der Waals surface area contributed by atoms with Crippen LogP contribution in [0.4, 0.5) is 5.69 Å². The Morgan fingerprint density at radius 2 is 1.63 bits per heavy atom. The van der Waals surface area contributed by atoms with Crippen LogP contribution < -0.4 is 10.2 Å². The molecule has 0 atom stereocenters. The molecule has 0 radical (unpaired) electrons. The Labute approximate surface area is 113 Å². The summed E-state index contributed by atoms with van der Waals surface area (Å²) in [5, 5.41) is 2.91. The lowest BCUT2D eigenvalue weighted by atomic mass is 10.2. The summed E-state index contributed by atoms with van der Waals surface area (Å²) in [6, 6.07) is 17.4. The molecular weight excluding hydrogens is 236 g/mol. The van der Waals surface area contributed by atoms with Gasteiger partial charge in [0.05, 0.1) is 0 Å². The molecule has 2 aromatic carbocycles. The molecule has 1 N–H and O–H groups in total. The predicted molar refractivity (Wildman–Crippen MR) is 78.4 cm³/mol. The van der Waals surface area contributed by atoms with Crippen LogP contribution in [0.3, 0.4) is 0 Å². The van der Waals surface area contributed by atoms with Gasteiger partial charge in [0.1, 0.15) is 0 Å². The summed E-state index contributed by atoms with van der Waals surface area (Å²) in [5.41, 5.74) is 2.93. The van der Waals surface area contributed by atoms with Gasteiger partial charge in [0.2, 0.25) is 0 Å². The highest BCUT2D eigenvalue weighted by molar-refractivity contribution is 5.94. The molecule has 0 bridgehead atoms. The minimum absolute atomic E-state index is 0.0442. The molecule has 2 aromatic rings. The molecule has 0 aliphatic carbocycles. The van der Waals surface area contributed by atoms with Gasteiger partial charge >= 0.3 is 0 Å². The van der Waals surface area contributed by atoms with Crippen LogP contribution in [0.5, 0.6) is 0 Å². The molecule has 98 valence electrons. The Balaban J connectivity index is 1.94. The van der Waals surface area contributed by atoms with Crippen LogP contribution in [0.1, 0.15) is 15.9 Å². The van der Waals surface area contributed by atoms with Gasteiger partial charge in [-0.2, -0.15) is 0 Å². The smallest absolute Gasteiger partial charge is 0.251 e. The second kappa shape index (κ2) is 6.05. The topological polar surface area (TPSA) is 32.3 Å². The van der Waals surface area contributed by atoms with Crippen LogP contribution >= 0.6 is 0 Å². The summed E-state index contributed by atoms with van der Waals surface area (Å²) in [7, 11) is 4.01. The van der Waals surface area contributed by atoms with E-state index in [4.69, 9.17) is 0 Å². The minimum atomic E-state index is -0.0442. The summed E-state index contributed by atoms with van der Waals surface area (Å²) in [4.78, 5) is 13.9. The SMILES string of the molecule is CN(C)c1ccc(CNC(=O)c2ccccc2)cc1. The second-order valence-electron chi connectivity index (χ2n) is 4.61. The Morgan fingerprint density at radius 1 is 1.00 bits per heavy atom. The van der Waals surface area contributed by atoms with Crippen LogP contribution in [0, 0.1) is 0 Å². The lowest BCUT2D eigenvalue weighted by molar-refractivity contribution is 0.0951. The molecule has 3 heteroatoms. The van der Waals surface area contributed by atoms with Gasteiger partial charge in [0.15, 0.2) is 0 Å². The van der Waals surface area contributed by atoms with Gasteiger partial charge in [-0.1, -0.05) is 30.3 Å². The van der Waals surface area contributed by atoms with Gasteiger partial charge in [-0.3, -0.25) is 4.79 Å². The van der Waals surface area contributed by atoms with Crippen molar-refractivity contribution in [1.29, 1.82) is 0 Å². The Bertz CT molecular complexity index is 532. The van der Waals surface area contributed by atoms with E-state index in [0.29, 0.717) is 12.1 Å². The maximum absolute atomic E-state index is 11.9. The monoisotopic (exact) mass is 254 g/mol. The molecule has 0 fully saturated rings. The lowest BCUT2D eigenvalue weighted by Crippen LogP contribution is -2.22. The third kappa shape index (κ3) is 3.58. The summed E-state index contributed by atoms with van der Waals surface area (Å²) < 4.78 is 0. The van der Waals surface area contributed by atoms with Gasteiger partial charge in [-0.25, -0.2) is 0 Å². The van der Waals surface area contributed by atoms with Crippen molar-refractivity contribution in [3.63, 3.8) is 0 Å². The van der Waals surface area contributed by atoms with Crippen molar-refractivity contribution >= 4 is 11.6 Å². The normalized spacial score (nSPS) is 10.0. The average molecular weight is 254 g/mol. The van der Waals surface area contributed by atoms with E-state index in [2.05, 4.69) is 5.32 Å². The van der Waals surface area contributed by atoms with Crippen LogP contribution in [-0.4, -0.2) is 20.0 Å². The minimum Gasteiger partial charge on any atom is -0.378 e. The van der Waals surface area contributed by atoms with E-state index in [1.54, 1.807) is 0 Å². The number of amides is 1. The third-order valence-electron chi connectivity index (χ3n) is 2.94. The lowest BCUT2D eigenvalue weighted by Gasteiger charge is -2.13. The zero-order valence-corrected chi connectivity index (χ0v) is 11.3. The van der Waals surface area contributed by atoms with Crippen LogP contribution in [0.2, 0.25) is 0 Å². The van der Waals surface area contributed by atoms with Crippen LogP contribution in [0.15, 0.2) is 54.6 Å². The molecule has 0 aliphatic heterocycles. The number of nitrogens with zero attached hydrogens (tertiary/aromatic N) is 1. The molecule has 0 spiro atoms. The van der Waals surface area contributed by atoms with Crippen molar-refractivity contribution in [2.45, 2.75) is 6.54 Å². The quantitative estimate of drug-likeness (QED) is 0.909. The summed E-state index contributed by atoms with van der Waals surface area (Å²) in [6.07, 6.45) is 0. The van der Waals surface area contributed by atoms with Crippen molar-refractivity contribution in [1.82, 2.24) is 5.32 Å². The van der Waals surface area contributed by atoms with E-state index in [-0.39, 0.29) is 5.91 Å². The fraction of sp³-hybridized carbons (Fsp3) is 0.188. The largest absolute Gasteiger partial charge is 0.378 e. The summed E-state index contributed by atoms with van der Waals surface area (Å²) >= 11 is 0. The maximum atomic E-state index is 11.9. The Hall–Kier alpha value is -2.29. The van der Waals surface area contributed by atoms with Crippen LogP contribution in [-0.2, 0) is 6.54 Å². The van der Waals surface area contributed by atoms with Crippen molar-refractivity contribution in [3.05, 3.63) is 65.7 Å². The number of hydrogen-bond acceptors (Lipinski definition) is 2. The first-order valence-corrected chi connectivity index (χ1v) is 6.26. The second-order valence-corrected chi connectivity index (χ2v) is 4.61. The third-order valence-corrected chi connectivity index (χ3v) is 2.94. The van der Waals surface area contributed by atoms with Crippen molar-refractivity contribution in [2.24, 2.45) is 0 Å². The molecule has 0 unspecified atom stereocenters. The first-order chi connectivity index (χ1) is 9.16. The van der Waals surface area contributed by atoms with Crippen molar-refractivity contribution < 1.29 is 4.79 Å².